The van der Waals surface area contributed by atoms with Crippen molar-refractivity contribution >= 4 is 0 Å². The fraction of sp³-hybridized carbons (Fsp3) is 0.619. The van der Waals surface area contributed by atoms with Gasteiger partial charge in [-0.2, -0.15) is 0 Å². The van der Waals surface area contributed by atoms with Gasteiger partial charge in [0.25, 0.3) is 0 Å². The molecule has 23 heavy (non-hydrogen) atoms. The number of aliphatic hydroxyl groups is 1. The molecule has 2 nitrogen and oxygen atoms in total. The Kier molecular flexibility index (Phi) is 3.22. The minimum Gasteiger partial charge on any atom is -0.508 e. The molecule has 0 radical (unpaired) electrons. The Morgan fingerprint density at radius 3 is 2.70 bits per heavy atom. The quantitative estimate of drug-likeness (QED) is 0.747. The van der Waals surface area contributed by atoms with E-state index in [1.165, 1.54) is 24.0 Å². The second kappa shape index (κ2) is 4.86. The summed E-state index contributed by atoms with van der Waals surface area (Å²) in [6, 6.07) is 4.06. The van der Waals surface area contributed by atoms with Gasteiger partial charge in [-0.1, -0.05) is 31.1 Å². The first-order valence-electron chi connectivity index (χ1n) is 9.14. The molecule has 124 valence electrons. The third kappa shape index (κ3) is 1.91. The first-order valence-corrected chi connectivity index (χ1v) is 9.14. The van der Waals surface area contributed by atoms with E-state index in [4.69, 9.17) is 0 Å². The number of phenols is 1. The van der Waals surface area contributed by atoms with Gasteiger partial charge in [-0.3, -0.25) is 0 Å². The van der Waals surface area contributed by atoms with Gasteiger partial charge in [-0.15, -0.1) is 0 Å². The number of allylic oxidation sites excluding steroid dienone is 1. The Morgan fingerprint density at radius 2 is 1.96 bits per heavy atom. The Balaban J connectivity index is 1.95. The van der Waals surface area contributed by atoms with Gasteiger partial charge >= 0.3 is 0 Å². The average molecular weight is 312 g/mol. The number of aliphatic hydroxyl groups excluding tert-OH is 1. The van der Waals surface area contributed by atoms with Crippen molar-refractivity contribution in [3.63, 3.8) is 0 Å². The molecule has 0 spiro atoms. The van der Waals surface area contributed by atoms with Crippen LogP contribution >= 0.6 is 0 Å². The van der Waals surface area contributed by atoms with E-state index in [-0.39, 0.29) is 16.9 Å². The molecule has 0 heterocycles. The zero-order valence-electron chi connectivity index (χ0n) is 14.6. The van der Waals surface area contributed by atoms with Gasteiger partial charge in [0.15, 0.2) is 0 Å². The fourth-order valence-corrected chi connectivity index (χ4v) is 5.90. The predicted molar refractivity (Wildman–Crippen MR) is 92.7 cm³/mol. The van der Waals surface area contributed by atoms with E-state index in [0.29, 0.717) is 5.75 Å². The van der Waals surface area contributed by atoms with E-state index in [9.17, 15) is 10.2 Å². The molecule has 3 aliphatic rings. The zero-order chi connectivity index (χ0) is 16.4. The highest BCUT2D eigenvalue weighted by Gasteiger charge is 2.51. The maximum atomic E-state index is 10.3. The fourth-order valence-electron chi connectivity index (χ4n) is 5.90. The van der Waals surface area contributed by atoms with Crippen molar-refractivity contribution in [2.24, 2.45) is 5.41 Å². The molecule has 1 saturated carbocycles. The molecule has 3 atom stereocenters. The Morgan fingerprint density at radius 1 is 1.17 bits per heavy atom. The van der Waals surface area contributed by atoms with Gasteiger partial charge in [0.1, 0.15) is 5.75 Å². The monoisotopic (exact) mass is 312 g/mol. The van der Waals surface area contributed by atoms with E-state index < -0.39 is 0 Å². The van der Waals surface area contributed by atoms with Crippen LogP contribution < -0.4 is 0 Å². The van der Waals surface area contributed by atoms with Crippen LogP contribution in [0.5, 0.6) is 5.75 Å². The molecule has 1 aromatic carbocycles. The number of rotatable bonds is 1. The Bertz CT molecular complexity index is 702. The van der Waals surface area contributed by atoms with Crippen LogP contribution in [0.15, 0.2) is 23.3 Å². The summed E-state index contributed by atoms with van der Waals surface area (Å²) in [4.78, 5) is 0. The topological polar surface area (TPSA) is 40.5 Å². The predicted octanol–water partition coefficient (Wildman–Crippen LogP) is 4.55. The maximum absolute atomic E-state index is 10.3. The summed E-state index contributed by atoms with van der Waals surface area (Å²) < 4.78 is 0. The smallest absolute Gasteiger partial charge is 0.118 e. The minimum absolute atomic E-state index is 0.144. The van der Waals surface area contributed by atoms with Crippen LogP contribution in [-0.2, 0) is 11.8 Å². The summed E-state index contributed by atoms with van der Waals surface area (Å²) in [6.45, 7) is 6.73. The lowest BCUT2D eigenvalue weighted by Crippen LogP contribution is -2.40. The highest BCUT2D eigenvalue weighted by Crippen LogP contribution is 2.61. The molecule has 3 aliphatic carbocycles. The first kappa shape index (κ1) is 15.3. The third-order valence-corrected chi connectivity index (χ3v) is 7.21. The molecule has 1 aromatic rings. The molecular formula is C21H28O2. The molecule has 1 fully saturated rings. The molecule has 2 heteroatoms. The van der Waals surface area contributed by atoms with E-state index in [2.05, 4.69) is 26.8 Å². The van der Waals surface area contributed by atoms with Gasteiger partial charge in [0.2, 0.25) is 0 Å². The lowest BCUT2D eigenvalue weighted by atomic mass is 9.54. The zero-order valence-corrected chi connectivity index (χ0v) is 14.6. The molecule has 0 bridgehead atoms. The summed E-state index contributed by atoms with van der Waals surface area (Å²) in [7, 11) is 0. The Labute approximate surface area is 139 Å². The van der Waals surface area contributed by atoms with Crippen molar-refractivity contribution < 1.29 is 10.2 Å². The highest BCUT2D eigenvalue weighted by molar-refractivity contribution is 5.55. The van der Waals surface area contributed by atoms with Crippen molar-refractivity contribution in [2.75, 3.05) is 0 Å². The first-order chi connectivity index (χ1) is 10.9. The van der Waals surface area contributed by atoms with E-state index in [1.807, 2.05) is 6.07 Å². The van der Waals surface area contributed by atoms with E-state index in [1.54, 1.807) is 11.1 Å². The van der Waals surface area contributed by atoms with Gasteiger partial charge in [0, 0.05) is 5.41 Å². The number of hydrogen-bond donors (Lipinski definition) is 2. The summed E-state index contributed by atoms with van der Waals surface area (Å²) >= 11 is 0. The van der Waals surface area contributed by atoms with Crippen molar-refractivity contribution in [3.8, 4) is 5.75 Å². The van der Waals surface area contributed by atoms with Crippen molar-refractivity contribution in [1.29, 1.82) is 0 Å². The molecular weight excluding hydrogens is 284 g/mol. The van der Waals surface area contributed by atoms with Crippen LogP contribution in [0.3, 0.4) is 0 Å². The molecule has 0 amide bonds. The molecule has 4 rings (SSSR count). The van der Waals surface area contributed by atoms with Crippen LogP contribution in [0, 0.1) is 12.3 Å². The normalized spacial score (nSPS) is 35.7. The molecule has 0 aliphatic heterocycles. The van der Waals surface area contributed by atoms with Crippen LogP contribution in [0.2, 0.25) is 0 Å². The molecule has 0 saturated heterocycles. The largest absolute Gasteiger partial charge is 0.508 e. The summed E-state index contributed by atoms with van der Waals surface area (Å²) in [5.41, 5.74) is 7.45. The third-order valence-electron chi connectivity index (χ3n) is 7.21. The van der Waals surface area contributed by atoms with Gasteiger partial charge in [-0.05, 0) is 80.0 Å². The van der Waals surface area contributed by atoms with Crippen LogP contribution in [0.25, 0.3) is 0 Å². The molecule has 0 unspecified atom stereocenters. The second-order valence-electron chi connectivity index (χ2n) is 8.25. The average Bonchev–Trinajstić information content (AvgIpc) is 2.84. The second-order valence-corrected chi connectivity index (χ2v) is 8.25. The van der Waals surface area contributed by atoms with Crippen LogP contribution in [0.1, 0.15) is 69.1 Å². The summed E-state index contributed by atoms with van der Waals surface area (Å²) in [5, 5.41) is 20.4. The number of hydrogen-bond acceptors (Lipinski definition) is 2. The Hall–Kier alpha value is -1.28. The molecule has 0 aromatic heterocycles. The van der Waals surface area contributed by atoms with Gasteiger partial charge in [0.05, 0.1) is 6.10 Å². The lowest BCUT2D eigenvalue weighted by molar-refractivity contribution is 0.155. The van der Waals surface area contributed by atoms with Crippen molar-refractivity contribution in [2.45, 2.75) is 77.2 Å². The summed E-state index contributed by atoms with van der Waals surface area (Å²) in [5.74, 6) is 0.433. The minimum atomic E-state index is -0.155. The number of phenolic OH excluding ortho intramolecular Hbond substituents is 1. The number of aromatic hydroxyl groups is 1. The number of benzene rings is 1. The van der Waals surface area contributed by atoms with Gasteiger partial charge in [-0.25, -0.2) is 0 Å². The van der Waals surface area contributed by atoms with E-state index in [0.717, 1.165) is 37.7 Å². The van der Waals surface area contributed by atoms with Crippen LogP contribution in [0.4, 0.5) is 0 Å². The van der Waals surface area contributed by atoms with Crippen molar-refractivity contribution in [3.05, 3.63) is 40.0 Å². The van der Waals surface area contributed by atoms with Crippen molar-refractivity contribution in [1.82, 2.24) is 0 Å². The van der Waals surface area contributed by atoms with Gasteiger partial charge < -0.3 is 10.2 Å². The van der Waals surface area contributed by atoms with E-state index >= 15 is 0 Å². The van der Waals surface area contributed by atoms with Crippen LogP contribution in [-0.4, -0.2) is 16.3 Å². The summed E-state index contributed by atoms with van der Waals surface area (Å²) in [6.07, 6.45) is 7.27. The number of fused-ring (bicyclic) bond motifs is 4. The highest BCUT2D eigenvalue weighted by atomic mass is 16.3. The lowest BCUT2D eigenvalue weighted by Gasteiger charge is -2.50. The molecule has 2 N–H and O–H groups in total. The standard InChI is InChI=1S/C21H28O2/c1-4-21-10-9-20(3)12-14(22)11-18(20)17(21)6-5-15-13(2)19(23)8-7-16(15)21/h7-8,14,22-23H,4-6,9-12H2,1-3H3/t14-,20-,21-/m0/s1. The maximum Gasteiger partial charge on any atom is 0.118 e. The SMILES string of the molecule is CC[C@@]12CC[C@@]3(C)C[C@@H](O)CC3=C1CCc1c2ccc(O)c1C.